The van der Waals surface area contributed by atoms with Crippen molar-refractivity contribution in [2.24, 2.45) is 5.14 Å². The van der Waals surface area contributed by atoms with E-state index in [0.29, 0.717) is 16.8 Å². The fraction of sp³-hybridized carbons (Fsp3) is 0.312. The lowest BCUT2D eigenvalue weighted by molar-refractivity contribution is 0.0317. The third-order valence-corrected chi connectivity index (χ3v) is 6.17. The predicted molar refractivity (Wildman–Crippen MR) is 95.2 cm³/mol. The van der Waals surface area contributed by atoms with Crippen LogP contribution in [-0.2, 0) is 14.8 Å². The Balaban J connectivity index is 2.19. The third-order valence-electron chi connectivity index (χ3n) is 3.78. The number of carbonyl (C=O) groups is 3. The maximum Gasteiger partial charge on any atom is 0.339 e. The number of Topliss-reactive ketones (excluding diaryl/α,β-unsaturated/α-hetero) is 2. The summed E-state index contributed by atoms with van der Waals surface area (Å²) >= 11 is 0.785. The van der Waals surface area contributed by atoms with Gasteiger partial charge in [-0.3, -0.25) is 9.59 Å². The molecule has 2 aromatic heterocycles. The van der Waals surface area contributed by atoms with Crippen LogP contribution in [0.5, 0.6) is 0 Å². The number of sulfonamides is 1. The van der Waals surface area contributed by atoms with E-state index < -0.39 is 27.9 Å². The first-order chi connectivity index (χ1) is 11.9. The molecule has 0 saturated heterocycles. The largest absolute Gasteiger partial charge is 0.451 e. The predicted octanol–water partition coefficient (Wildman–Crippen LogP) is 1.97. The summed E-state index contributed by atoms with van der Waals surface area (Å²) in [4.78, 5) is 39.2. The van der Waals surface area contributed by atoms with E-state index >= 15 is 0 Å². The standard InChI is InChI=1S/C16H18N2O6S2/c1-7-13(9(3)19)8(2)18-14(7)15(20)10(4)24-16(21)11-5-12(25-6-11)26(17,22)23/h5-6,10,18H,1-4H3,(H2,17,22,23). The fourth-order valence-electron chi connectivity index (χ4n) is 2.58. The molecule has 140 valence electrons. The number of aromatic nitrogens is 1. The van der Waals surface area contributed by atoms with Gasteiger partial charge in [-0.05, 0) is 39.3 Å². The Morgan fingerprint density at radius 2 is 1.88 bits per heavy atom. The number of ether oxygens (including phenoxy) is 1. The Kier molecular flexibility index (Phi) is 5.49. The molecule has 0 aliphatic rings. The summed E-state index contributed by atoms with van der Waals surface area (Å²) < 4.78 is 27.5. The Hall–Kier alpha value is -2.30. The molecule has 1 atom stereocenters. The van der Waals surface area contributed by atoms with Gasteiger partial charge in [0.1, 0.15) is 4.21 Å². The van der Waals surface area contributed by atoms with Crippen LogP contribution in [0.2, 0.25) is 0 Å². The number of primary sulfonamides is 1. The summed E-state index contributed by atoms with van der Waals surface area (Å²) in [6.45, 7) is 6.12. The molecule has 1 unspecified atom stereocenters. The number of hydrogen-bond donors (Lipinski definition) is 2. The van der Waals surface area contributed by atoms with E-state index in [-0.39, 0.29) is 21.2 Å². The van der Waals surface area contributed by atoms with Gasteiger partial charge in [0.05, 0.1) is 11.3 Å². The van der Waals surface area contributed by atoms with Crippen LogP contribution >= 0.6 is 11.3 Å². The van der Waals surface area contributed by atoms with E-state index in [0.717, 1.165) is 17.4 Å². The van der Waals surface area contributed by atoms with Gasteiger partial charge in [-0.2, -0.15) is 0 Å². The number of esters is 1. The highest BCUT2D eigenvalue weighted by Crippen LogP contribution is 2.22. The van der Waals surface area contributed by atoms with Crippen LogP contribution in [0.4, 0.5) is 0 Å². The minimum Gasteiger partial charge on any atom is -0.451 e. The van der Waals surface area contributed by atoms with Crippen molar-refractivity contribution in [1.82, 2.24) is 4.98 Å². The van der Waals surface area contributed by atoms with Gasteiger partial charge in [-0.25, -0.2) is 18.4 Å². The van der Waals surface area contributed by atoms with Crippen molar-refractivity contribution in [2.75, 3.05) is 0 Å². The van der Waals surface area contributed by atoms with E-state index in [9.17, 15) is 22.8 Å². The molecule has 3 N–H and O–H groups in total. The smallest absolute Gasteiger partial charge is 0.339 e. The number of nitrogens with one attached hydrogen (secondary N) is 1. The monoisotopic (exact) mass is 398 g/mol. The molecular formula is C16H18N2O6S2. The molecule has 0 fully saturated rings. The zero-order valence-electron chi connectivity index (χ0n) is 14.6. The minimum atomic E-state index is -3.91. The number of aromatic amines is 1. The van der Waals surface area contributed by atoms with Crippen LogP contribution in [0.15, 0.2) is 15.7 Å². The number of thiophene rings is 1. The minimum absolute atomic E-state index is 0.0116. The molecule has 0 bridgehead atoms. The molecular weight excluding hydrogens is 380 g/mol. The lowest BCUT2D eigenvalue weighted by Crippen LogP contribution is -2.25. The topological polar surface area (TPSA) is 136 Å². The third kappa shape index (κ3) is 3.92. The highest BCUT2D eigenvalue weighted by Gasteiger charge is 2.27. The normalized spacial score (nSPS) is 12.7. The Bertz CT molecular complexity index is 1000. The number of ketones is 2. The number of H-pyrrole nitrogens is 1. The molecule has 2 rings (SSSR count). The molecule has 26 heavy (non-hydrogen) atoms. The fourth-order valence-corrected chi connectivity index (χ4v) is 4.16. The van der Waals surface area contributed by atoms with E-state index in [1.165, 1.54) is 19.2 Å². The molecule has 0 aromatic carbocycles. The van der Waals surface area contributed by atoms with Crippen molar-refractivity contribution >= 4 is 38.9 Å². The van der Waals surface area contributed by atoms with Crippen molar-refractivity contribution in [3.63, 3.8) is 0 Å². The summed E-state index contributed by atoms with van der Waals surface area (Å²) in [7, 11) is -3.91. The second-order valence-corrected chi connectivity index (χ2v) is 8.49. The zero-order chi connectivity index (χ0) is 19.8. The molecule has 8 nitrogen and oxygen atoms in total. The number of aryl methyl sites for hydroxylation is 1. The lowest BCUT2D eigenvalue weighted by atomic mass is 10.0. The summed E-state index contributed by atoms with van der Waals surface area (Å²) in [6.07, 6.45) is -1.13. The number of hydrogen-bond acceptors (Lipinski definition) is 7. The quantitative estimate of drug-likeness (QED) is 0.564. The maximum atomic E-state index is 12.6. The van der Waals surface area contributed by atoms with Crippen molar-refractivity contribution in [2.45, 2.75) is 38.0 Å². The first-order valence-electron chi connectivity index (χ1n) is 7.50. The molecule has 0 spiro atoms. The van der Waals surface area contributed by atoms with Crippen LogP contribution < -0.4 is 5.14 Å². The Labute approximate surface area is 154 Å². The van der Waals surface area contributed by atoms with E-state index in [4.69, 9.17) is 9.88 Å². The molecule has 0 aliphatic heterocycles. The second kappa shape index (κ2) is 7.14. The first-order valence-corrected chi connectivity index (χ1v) is 9.92. The van der Waals surface area contributed by atoms with Crippen LogP contribution in [-0.4, -0.2) is 37.0 Å². The van der Waals surface area contributed by atoms with Crippen LogP contribution in [0.3, 0.4) is 0 Å². The van der Waals surface area contributed by atoms with Crippen molar-refractivity contribution in [1.29, 1.82) is 0 Å². The van der Waals surface area contributed by atoms with E-state index in [1.54, 1.807) is 13.8 Å². The van der Waals surface area contributed by atoms with E-state index in [2.05, 4.69) is 4.98 Å². The molecule has 2 aromatic rings. The van der Waals surface area contributed by atoms with Gasteiger partial charge in [0.15, 0.2) is 11.9 Å². The van der Waals surface area contributed by atoms with Crippen LogP contribution in [0, 0.1) is 13.8 Å². The SMILES string of the molecule is CC(=O)c1c(C)[nH]c(C(=O)C(C)OC(=O)c2csc(S(N)(=O)=O)c2)c1C. The van der Waals surface area contributed by atoms with Gasteiger partial charge in [0, 0.05) is 16.6 Å². The van der Waals surface area contributed by atoms with Gasteiger partial charge in [0.25, 0.3) is 0 Å². The van der Waals surface area contributed by atoms with Crippen molar-refractivity contribution < 1.29 is 27.5 Å². The molecule has 10 heteroatoms. The van der Waals surface area contributed by atoms with Gasteiger partial charge in [-0.15, -0.1) is 11.3 Å². The number of nitrogens with two attached hydrogens (primary N) is 1. The van der Waals surface area contributed by atoms with E-state index in [1.807, 2.05) is 0 Å². The average Bonchev–Trinajstić information content (AvgIpc) is 3.11. The average molecular weight is 398 g/mol. The Morgan fingerprint density at radius 1 is 1.27 bits per heavy atom. The van der Waals surface area contributed by atoms with Gasteiger partial charge in [0.2, 0.25) is 15.8 Å². The number of rotatable bonds is 6. The van der Waals surface area contributed by atoms with Crippen molar-refractivity contribution in [3.8, 4) is 0 Å². The Morgan fingerprint density at radius 3 is 2.35 bits per heavy atom. The van der Waals surface area contributed by atoms with Crippen LogP contribution in [0.1, 0.15) is 56.3 Å². The van der Waals surface area contributed by atoms with Crippen LogP contribution in [0.25, 0.3) is 0 Å². The first kappa shape index (κ1) is 20.0. The molecule has 0 aliphatic carbocycles. The van der Waals surface area contributed by atoms with Gasteiger partial charge in [-0.1, -0.05) is 0 Å². The van der Waals surface area contributed by atoms with Crippen molar-refractivity contribution in [3.05, 3.63) is 39.5 Å². The summed E-state index contributed by atoms with van der Waals surface area (Å²) in [5, 5.41) is 6.29. The maximum absolute atomic E-state index is 12.6. The molecule has 0 saturated carbocycles. The molecule has 0 amide bonds. The molecule has 2 heterocycles. The van der Waals surface area contributed by atoms with Gasteiger partial charge >= 0.3 is 5.97 Å². The summed E-state index contributed by atoms with van der Waals surface area (Å²) in [5.41, 5.74) is 1.68. The zero-order valence-corrected chi connectivity index (χ0v) is 16.2. The lowest BCUT2D eigenvalue weighted by Gasteiger charge is -2.11. The highest BCUT2D eigenvalue weighted by molar-refractivity contribution is 7.91. The van der Waals surface area contributed by atoms with Gasteiger partial charge < -0.3 is 9.72 Å². The summed E-state index contributed by atoms with van der Waals surface area (Å²) in [6, 6.07) is 1.09. The number of carbonyl (C=O) groups excluding carboxylic acids is 3. The highest BCUT2D eigenvalue weighted by atomic mass is 32.2. The molecule has 0 radical (unpaired) electrons. The second-order valence-electron chi connectivity index (χ2n) is 5.79. The summed E-state index contributed by atoms with van der Waals surface area (Å²) in [5.74, 6) is -1.51.